The van der Waals surface area contributed by atoms with Gasteiger partial charge in [0.1, 0.15) is 0 Å². The molecule has 0 saturated carbocycles. The van der Waals surface area contributed by atoms with Gasteiger partial charge in [0.15, 0.2) is 0 Å². The highest BCUT2D eigenvalue weighted by atomic mass is 32.2. The molecule has 0 fully saturated rings. The fraction of sp³-hybridized carbons (Fsp3) is 0. The molecule has 0 amide bonds. The molecule has 78 valence electrons. The quantitative estimate of drug-likeness (QED) is 0.715. The molecule has 3 N–H and O–H groups in total. The molecule has 7 nitrogen and oxygen atoms in total. The van der Waals surface area contributed by atoms with E-state index in [1.807, 2.05) is 0 Å². The summed E-state index contributed by atoms with van der Waals surface area (Å²) in [6, 6.07) is 6.19. The zero-order valence-electron chi connectivity index (χ0n) is 7.45. The van der Waals surface area contributed by atoms with Crippen LogP contribution in [0.1, 0.15) is 0 Å². The Hall–Kier alpha value is -1.80. The van der Waals surface area contributed by atoms with Crippen molar-refractivity contribution < 1.29 is 8.42 Å². The molecule has 1 aromatic carbocycles. The largest absolute Gasteiger partial charge is 0.238 e. The number of nitrogens with zero attached hydrogens (tertiary/aromatic N) is 3. The molecule has 15 heavy (non-hydrogen) atoms. The fourth-order valence-corrected chi connectivity index (χ4v) is 1.91. The van der Waals surface area contributed by atoms with Crippen LogP contribution in [-0.4, -0.2) is 29.0 Å². The standard InChI is InChI=1S/C7H7N5O2S/c8-15(13,14)6-4-2-1-3-5(6)7-9-11-12-10-7/h1-4H,(H2,8,13,14)(H,9,10,11,12). The number of aromatic nitrogens is 4. The average molecular weight is 225 g/mol. The van der Waals surface area contributed by atoms with E-state index >= 15 is 0 Å². The van der Waals surface area contributed by atoms with Crippen LogP contribution in [0.2, 0.25) is 0 Å². The average Bonchev–Trinajstić information content (AvgIpc) is 2.69. The van der Waals surface area contributed by atoms with Crippen molar-refractivity contribution in [3.63, 3.8) is 0 Å². The molecule has 0 atom stereocenters. The molecule has 2 rings (SSSR count). The molecule has 1 aromatic heterocycles. The Balaban J connectivity index is 2.68. The van der Waals surface area contributed by atoms with Crippen LogP contribution in [0, 0.1) is 0 Å². The van der Waals surface area contributed by atoms with E-state index in [9.17, 15) is 8.42 Å². The third-order valence-electron chi connectivity index (χ3n) is 1.78. The number of hydrogen-bond donors (Lipinski definition) is 2. The molecule has 0 aliphatic carbocycles. The minimum Gasteiger partial charge on any atom is -0.225 e. The molecule has 0 aliphatic heterocycles. The Morgan fingerprint density at radius 2 is 2.00 bits per heavy atom. The minimum absolute atomic E-state index is 0.0219. The molecule has 2 aromatic rings. The second kappa shape index (κ2) is 3.41. The molecule has 0 bridgehead atoms. The molecular formula is C7H7N5O2S. The van der Waals surface area contributed by atoms with Crippen molar-refractivity contribution in [3.8, 4) is 11.4 Å². The van der Waals surface area contributed by atoms with Gasteiger partial charge in [-0.1, -0.05) is 12.1 Å². The number of aromatic amines is 1. The van der Waals surface area contributed by atoms with Gasteiger partial charge in [0, 0.05) is 5.56 Å². The lowest BCUT2D eigenvalue weighted by Crippen LogP contribution is -2.13. The first-order valence-electron chi connectivity index (χ1n) is 3.94. The van der Waals surface area contributed by atoms with Crippen LogP contribution in [0.4, 0.5) is 0 Å². The normalized spacial score (nSPS) is 11.5. The molecule has 0 spiro atoms. The Morgan fingerprint density at radius 1 is 1.27 bits per heavy atom. The molecule has 0 aliphatic rings. The Morgan fingerprint density at radius 3 is 2.60 bits per heavy atom. The maximum Gasteiger partial charge on any atom is 0.238 e. The second-order valence-electron chi connectivity index (χ2n) is 2.78. The van der Waals surface area contributed by atoms with Crippen LogP contribution < -0.4 is 5.14 Å². The molecule has 1 heterocycles. The number of hydrogen-bond acceptors (Lipinski definition) is 5. The lowest BCUT2D eigenvalue weighted by molar-refractivity contribution is 0.598. The van der Waals surface area contributed by atoms with Gasteiger partial charge in [-0.25, -0.2) is 13.6 Å². The minimum atomic E-state index is -3.78. The van der Waals surface area contributed by atoms with E-state index in [1.54, 1.807) is 18.2 Å². The lowest BCUT2D eigenvalue weighted by Gasteiger charge is -2.02. The van der Waals surface area contributed by atoms with Gasteiger partial charge in [0.05, 0.1) is 4.90 Å². The van der Waals surface area contributed by atoms with E-state index in [0.717, 1.165) is 0 Å². The number of benzene rings is 1. The molecule has 8 heteroatoms. The monoisotopic (exact) mass is 225 g/mol. The number of nitrogens with one attached hydrogen (secondary N) is 1. The third kappa shape index (κ3) is 1.85. The van der Waals surface area contributed by atoms with Crippen LogP contribution in [0.25, 0.3) is 11.4 Å². The molecule has 0 unspecified atom stereocenters. The van der Waals surface area contributed by atoms with Gasteiger partial charge >= 0.3 is 0 Å². The third-order valence-corrected chi connectivity index (χ3v) is 2.75. The highest BCUT2D eigenvalue weighted by Crippen LogP contribution is 2.21. The first-order chi connectivity index (χ1) is 7.09. The highest BCUT2D eigenvalue weighted by molar-refractivity contribution is 7.89. The lowest BCUT2D eigenvalue weighted by atomic mass is 10.2. The summed E-state index contributed by atoms with van der Waals surface area (Å²) in [4.78, 5) is -0.0219. The Kier molecular flexibility index (Phi) is 2.21. The predicted octanol–water partition coefficient (Wildman–Crippen LogP) is -0.486. The Labute approximate surface area is 85.4 Å². The summed E-state index contributed by atoms with van der Waals surface area (Å²) >= 11 is 0. The number of primary sulfonamides is 1. The smallest absolute Gasteiger partial charge is 0.225 e. The van der Waals surface area contributed by atoms with Gasteiger partial charge in [-0.05, 0) is 17.3 Å². The zero-order chi connectivity index (χ0) is 10.9. The van der Waals surface area contributed by atoms with Gasteiger partial charge in [-0.3, -0.25) is 0 Å². The Bertz CT molecular complexity index is 563. The van der Waals surface area contributed by atoms with Crippen LogP contribution in [0.15, 0.2) is 29.2 Å². The van der Waals surface area contributed by atoms with E-state index in [-0.39, 0.29) is 10.7 Å². The molecule has 0 saturated heterocycles. The predicted molar refractivity (Wildman–Crippen MR) is 51.0 cm³/mol. The maximum absolute atomic E-state index is 11.2. The summed E-state index contributed by atoms with van der Waals surface area (Å²) in [6.45, 7) is 0. The van der Waals surface area contributed by atoms with Gasteiger partial charge in [-0.2, -0.15) is 5.21 Å². The van der Waals surface area contributed by atoms with Crippen molar-refractivity contribution in [1.82, 2.24) is 20.6 Å². The van der Waals surface area contributed by atoms with E-state index in [0.29, 0.717) is 5.56 Å². The summed E-state index contributed by atoms with van der Waals surface area (Å²) in [5.74, 6) is 0.194. The number of rotatable bonds is 2. The SMILES string of the molecule is NS(=O)(=O)c1ccccc1-c1nn[nH]n1. The summed E-state index contributed by atoms with van der Waals surface area (Å²) < 4.78 is 22.5. The zero-order valence-corrected chi connectivity index (χ0v) is 8.27. The highest BCUT2D eigenvalue weighted by Gasteiger charge is 2.16. The topological polar surface area (TPSA) is 115 Å². The van der Waals surface area contributed by atoms with Crippen LogP contribution in [0.3, 0.4) is 0 Å². The van der Waals surface area contributed by atoms with Crippen molar-refractivity contribution in [1.29, 1.82) is 0 Å². The van der Waals surface area contributed by atoms with E-state index in [1.165, 1.54) is 6.07 Å². The van der Waals surface area contributed by atoms with Crippen molar-refractivity contribution in [2.45, 2.75) is 4.90 Å². The van der Waals surface area contributed by atoms with Crippen LogP contribution >= 0.6 is 0 Å². The first-order valence-corrected chi connectivity index (χ1v) is 5.49. The first kappa shape index (κ1) is 9.74. The fourth-order valence-electron chi connectivity index (χ4n) is 1.18. The van der Waals surface area contributed by atoms with Gasteiger partial charge in [-0.15, -0.1) is 10.2 Å². The van der Waals surface area contributed by atoms with Crippen molar-refractivity contribution in [3.05, 3.63) is 24.3 Å². The van der Waals surface area contributed by atoms with Gasteiger partial charge < -0.3 is 0 Å². The van der Waals surface area contributed by atoms with Crippen LogP contribution in [0.5, 0.6) is 0 Å². The van der Waals surface area contributed by atoms with Gasteiger partial charge in [0.2, 0.25) is 15.8 Å². The van der Waals surface area contributed by atoms with E-state index < -0.39 is 10.0 Å². The molecule has 0 radical (unpaired) electrons. The van der Waals surface area contributed by atoms with Crippen molar-refractivity contribution >= 4 is 10.0 Å². The maximum atomic E-state index is 11.2. The number of tetrazole rings is 1. The summed E-state index contributed by atoms with van der Waals surface area (Å²) in [5, 5.41) is 18.0. The van der Waals surface area contributed by atoms with Crippen molar-refractivity contribution in [2.24, 2.45) is 5.14 Å². The second-order valence-corrected chi connectivity index (χ2v) is 4.31. The van der Waals surface area contributed by atoms with Gasteiger partial charge in [0.25, 0.3) is 0 Å². The van der Waals surface area contributed by atoms with Crippen molar-refractivity contribution in [2.75, 3.05) is 0 Å². The summed E-state index contributed by atoms with van der Waals surface area (Å²) in [6.07, 6.45) is 0. The summed E-state index contributed by atoms with van der Waals surface area (Å²) in [5.41, 5.74) is 0.328. The number of H-pyrrole nitrogens is 1. The molecular weight excluding hydrogens is 218 g/mol. The van der Waals surface area contributed by atoms with E-state index in [2.05, 4.69) is 20.6 Å². The number of sulfonamides is 1. The van der Waals surface area contributed by atoms with E-state index in [4.69, 9.17) is 5.14 Å². The van der Waals surface area contributed by atoms with Crippen LogP contribution in [-0.2, 0) is 10.0 Å². The summed E-state index contributed by atoms with van der Waals surface area (Å²) in [7, 11) is -3.78. The number of nitrogens with two attached hydrogens (primary N) is 1.